The fourth-order valence-corrected chi connectivity index (χ4v) is 7.52. The lowest BCUT2D eigenvalue weighted by molar-refractivity contribution is -0.161. The molecule has 12 heteroatoms. The van der Waals surface area contributed by atoms with Gasteiger partial charge in [-0.2, -0.15) is 0 Å². The highest BCUT2D eigenvalue weighted by Gasteiger charge is 2.28. The summed E-state index contributed by atoms with van der Waals surface area (Å²) < 4.78 is 39.3. The molecule has 0 bridgehead atoms. The molecule has 0 fully saturated rings. The number of carbonyl (C=O) groups is 3. The smallest absolute Gasteiger partial charge is 0.462 e. The fraction of sp³-hybridized carbons (Fsp3) is 0.696. The zero-order chi connectivity index (χ0) is 49.9. The van der Waals surface area contributed by atoms with Crippen LogP contribution in [0, 0.1) is 0 Å². The minimum atomic E-state index is -4.77. The molecule has 0 aromatic heterocycles. The van der Waals surface area contributed by atoms with Gasteiger partial charge in [0.2, 0.25) is 0 Å². The number of hydrogen-bond donors (Lipinski definition) is 2. The molecule has 0 heterocycles. The van der Waals surface area contributed by atoms with Crippen molar-refractivity contribution in [2.24, 2.45) is 0 Å². The van der Waals surface area contributed by atoms with Gasteiger partial charge in [-0.05, 0) is 96.3 Å². The summed E-state index contributed by atoms with van der Waals surface area (Å²) in [6.07, 6.45) is 55.7. The number of carbonyl (C=O) groups excluding carboxylic acids is 3. The van der Waals surface area contributed by atoms with Crippen molar-refractivity contribution in [1.82, 2.24) is 0 Å². The average Bonchev–Trinajstić information content (AvgIpc) is 3.32. The Bertz CT molecular complexity index is 1460. The highest BCUT2D eigenvalue weighted by atomic mass is 31.2. The molecule has 3 atom stereocenters. The summed E-state index contributed by atoms with van der Waals surface area (Å²) in [7, 11) is -4.77. The lowest BCUT2D eigenvalue weighted by Crippen LogP contribution is -2.30. The molecule has 3 unspecified atom stereocenters. The molecule has 0 radical (unpaired) electrons. The first-order chi connectivity index (χ1) is 33.2. The Balaban J connectivity index is 4.81. The monoisotopic (exact) mass is 975 g/mol. The quantitative estimate of drug-likeness (QED) is 0.0197. The molecule has 0 rings (SSSR count). The predicted octanol–water partition coefficient (Wildman–Crippen LogP) is 15.1. The number of aliphatic hydroxyl groups excluding tert-OH is 1. The normalized spacial score (nSPS) is 14.1. The van der Waals surface area contributed by atoms with Crippen LogP contribution in [0.1, 0.15) is 213 Å². The maximum Gasteiger partial charge on any atom is 0.472 e. The lowest BCUT2D eigenvalue weighted by Gasteiger charge is -2.21. The Morgan fingerprint density at radius 1 is 0.426 bits per heavy atom. The molecule has 0 aromatic rings. The third-order valence-electron chi connectivity index (χ3n) is 10.8. The van der Waals surface area contributed by atoms with Crippen molar-refractivity contribution in [3.05, 3.63) is 85.1 Å². The van der Waals surface area contributed by atoms with Crippen LogP contribution in [0.3, 0.4) is 0 Å². The predicted molar refractivity (Wildman–Crippen MR) is 279 cm³/mol. The number of ether oxygens (including phenoxy) is 3. The number of rotatable bonds is 48. The van der Waals surface area contributed by atoms with Crippen molar-refractivity contribution in [2.45, 2.75) is 226 Å². The van der Waals surface area contributed by atoms with E-state index in [2.05, 4.69) is 87.6 Å². The molecule has 0 aliphatic heterocycles. The standard InChI is InChI=1S/C56H95O11P/c1-4-7-10-13-16-19-22-24-25-26-27-29-32-35-38-41-44-47-56(60)67-53(49-63-54(58)45-42-39-36-33-30-21-18-15-12-9-6-3)51-65-68(61,62)64-50-52(48-57)66-55(59)46-43-40-37-34-31-28-23-20-17-14-11-8-5-2/h8,11,15-20,24-25,28,31,37,40,52-53,57H,4-7,9-10,12-14,21-23,26-27,29-30,32-36,38-39,41-51H2,1-3H3,(H,61,62)/b11-8-,18-15-,19-16-,20-17-,25-24-,31-28-,40-37-. The van der Waals surface area contributed by atoms with Gasteiger partial charge in [-0.3, -0.25) is 23.4 Å². The molecule has 11 nitrogen and oxygen atoms in total. The van der Waals surface area contributed by atoms with E-state index in [1.54, 1.807) is 0 Å². The number of aliphatic hydroxyl groups is 1. The van der Waals surface area contributed by atoms with Crippen LogP contribution in [0.4, 0.5) is 0 Å². The van der Waals surface area contributed by atoms with Crippen molar-refractivity contribution in [1.29, 1.82) is 0 Å². The van der Waals surface area contributed by atoms with Crippen LogP contribution >= 0.6 is 7.82 Å². The average molecular weight is 975 g/mol. The highest BCUT2D eigenvalue weighted by molar-refractivity contribution is 7.47. The minimum Gasteiger partial charge on any atom is -0.462 e. The minimum absolute atomic E-state index is 0.0524. The summed E-state index contributed by atoms with van der Waals surface area (Å²) in [4.78, 5) is 48.3. The Labute approximate surface area is 413 Å². The van der Waals surface area contributed by atoms with Gasteiger partial charge in [0.05, 0.1) is 19.8 Å². The van der Waals surface area contributed by atoms with E-state index >= 15 is 0 Å². The number of phosphoric ester groups is 1. The van der Waals surface area contributed by atoms with Gasteiger partial charge >= 0.3 is 25.7 Å². The second kappa shape index (κ2) is 50.1. The summed E-state index contributed by atoms with van der Waals surface area (Å²) in [5, 5.41) is 9.76. The van der Waals surface area contributed by atoms with E-state index in [-0.39, 0.29) is 25.9 Å². The van der Waals surface area contributed by atoms with Crippen molar-refractivity contribution < 1.29 is 52.2 Å². The van der Waals surface area contributed by atoms with Crippen LogP contribution in [0.15, 0.2) is 85.1 Å². The van der Waals surface area contributed by atoms with E-state index in [0.29, 0.717) is 19.3 Å². The van der Waals surface area contributed by atoms with Crippen molar-refractivity contribution in [3.8, 4) is 0 Å². The van der Waals surface area contributed by atoms with E-state index < -0.39 is 57.8 Å². The molecule has 68 heavy (non-hydrogen) atoms. The maximum atomic E-state index is 12.9. The van der Waals surface area contributed by atoms with E-state index in [9.17, 15) is 28.9 Å². The van der Waals surface area contributed by atoms with E-state index in [1.165, 1.54) is 51.4 Å². The first-order valence-corrected chi connectivity index (χ1v) is 28.0. The molecule has 0 spiro atoms. The van der Waals surface area contributed by atoms with E-state index in [1.807, 2.05) is 18.2 Å². The molecule has 2 N–H and O–H groups in total. The third kappa shape index (κ3) is 47.7. The number of unbranched alkanes of at least 4 members (excludes halogenated alkanes) is 17. The molecule has 0 aliphatic carbocycles. The van der Waals surface area contributed by atoms with E-state index in [4.69, 9.17) is 23.3 Å². The lowest BCUT2D eigenvalue weighted by atomic mass is 10.1. The Morgan fingerprint density at radius 3 is 1.32 bits per heavy atom. The Morgan fingerprint density at radius 2 is 0.809 bits per heavy atom. The van der Waals surface area contributed by atoms with Gasteiger partial charge in [0, 0.05) is 19.3 Å². The highest BCUT2D eigenvalue weighted by Crippen LogP contribution is 2.43. The van der Waals surface area contributed by atoms with Crippen molar-refractivity contribution in [3.63, 3.8) is 0 Å². The summed E-state index contributed by atoms with van der Waals surface area (Å²) in [6, 6.07) is 0. The van der Waals surface area contributed by atoms with E-state index in [0.717, 1.165) is 103 Å². The zero-order valence-electron chi connectivity index (χ0n) is 42.8. The van der Waals surface area contributed by atoms with Gasteiger partial charge in [0.15, 0.2) is 6.10 Å². The van der Waals surface area contributed by atoms with Crippen molar-refractivity contribution in [2.75, 3.05) is 26.4 Å². The molecule has 0 aliphatic rings. The molecule has 390 valence electrons. The number of esters is 3. The largest absolute Gasteiger partial charge is 0.472 e. The van der Waals surface area contributed by atoms with Crippen LogP contribution in [0.5, 0.6) is 0 Å². The van der Waals surface area contributed by atoms with Gasteiger partial charge in [0.25, 0.3) is 0 Å². The van der Waals surface area contributed by atoms with Crippen LogP contribution < -0.4 is 0 Å². The van der Waals surface area contributed by atoms with Crippen LogP contribution in [0.25, 0.3) is 0 Å². The number of allylic oxidation sites excluding steroid dienone is 14. The van der Waals surface area contributed by atoms with Gasteiger partial charge in [-0.15, -0.1) is 0 Å². The van der Waals surface area contributed by atoms with Crippen LogP contribution in [-0.4, -0.2) is 66.5 Å². The Kier molecular flexibility index (Phi) is 47.6. The topological polar surface area (TPSA) is 155 Å². The second-order valence-electron chi connectivity index (χ2n) is 17.3. The first kappa shape index (κ1) is 64.7. The van der Waals surface area contributed by atoms with Gasteiger partial charge < -0.3 is 24.2 Å². The molecular formula is C56H95O11P. The summed E-state index contributed by atoms with van der Waals surface area (Å²) in [5.74, 6) is -1.58. The second-order valence-corrected chi connectivity index (χ2v) is 18.8. The molecular weight excluding hydrogens is 880 g/mol. The summed E-state index contributed by atoms with van der Waals surface area (Å²) in [5.41, 5.74) is 0. The molecule has 0 amide bonds. The van der Waals surface area contributed by atoms with Crippen LogP contribution in [-0.2, 0) is 42.2 Å². The first-order valence-electron chi connectivity index (χ1n) is 26.5. The number of phosphoric acid groups is 1. The molecule has 0 saturated carbocycles. The van der Waals surface area contributed by atoms with Crippen molar-refractivity contribution >= 4 is 25.7 Å². The molecule has 0 saturated heterocycles. The zero-order valence-corrected chi connectivity index (χ0v) is 43.7. The van der Waals surface area contributed by atoms with Gasteiger partial charge in [-0.1, -0.05) is 183 Å². The number of hydrogen-bond acceptors (Lipinski definition) is 10. The molecule has 0 aromatic carbocycles. The van der Waals surface area contributed by atoms with Crippen LogP contribution in [0.2, 0.25) is 0 Å². The fourth-order valence-electron chi connectivity index (χ4n) is 6.73. The summed E-state index contributed by atoms with van der Waals surface area (Å²) >= 11 is 0. The summed E-state index contributed by atoms with van der Waals surface area (Å²) in [6.45, 7) is 4.34. The maximum absolute atomic E-state index is 12.9. The van der Waals surface area contributed by atoms with Gasteiger partial charge in [-0.25, -0.2) is 4.57 Å². The Hall–Kier alpha value is -3.34. The SMILES string of the molecule is CC/C=C\C/C=C\C/C=C\C/C=C\CCC(=O)OC(CO)COP(=O)(O)OCC(COC(=O)CCCCCCC/C=C\CCCC)OC(=O)CCCCCCCCC/C=C\C/C=C\CCCCC. The third-order valence-corrected chi connectivity index (χ3v) is 11.7. The van der Waals surface area contributed by atoms with Gasteiger partial charge in [0.1, 0.15) is 12.7 Å².